The van der Waals surface area contributed by atoms with Crippen molar-refractivity contribution in [3.8, 4) is 0 Å². The zero-order valence-electron chi connectivity index (χ0n) is 14.2. The third kappa shape index (κ3) is 4.09. The Labute approximate surface area is 150 Å². The molecule has 0 radical (unpaired) electrons. The number of carbonyl (C=O) groups is 1. The molecule has 1 aromatic heterocycles. The standard InChI is InChI=1S/C15H19N5O3S2/c1-8-5-6-10(25(22,23)17-3)7-11(8)19-14-12(13(16)21)9(2)18-15(20-14)24-4/h5-7,17H,1-4H3,(H2,16,21)(H,18,19,20). The van der Waals surface area contributed by atoms with Crippen molar-refractivity contribution in [2.75, 3.05) is 18.6 Å². The van der Waals surface area contributed by atoms with Gasteiger partial charge in [0.15, 0.2) is 5.16 Å². The number of nitrogens with zero attached hydrogens (tertiary/aromatic N) is 2. The summed E-state index contributed by atoms with van der Waals surface area (Å²) in [5.74, 6) is -0.421. The van der Waals surface area contributed by atoms with Crippen molar-refractivity contribution in [2.45, 2.75) is 23.9 Å². The van der Waals surface area contributed by atoms with Crippen LogP contribution in [0.15, 0.2) is 28.3 Å². The maximum atomic E-state index is 12.0. The fourth-order valence-corrected chi connectivity index (χ4v) is 3.34. The van der Waals surface area contributed by atoms with Crippen LogP contribution in [0, 0.1) is 13.8 Å². The second-order valence-electron chi connectivity index (χ2n) is 5.19. The highest BCUT2D eigenvalue weighted by molar-refractivity contribution is 7.98. The van der Waals surface area contributed by atoms with Crippen molar-refractivity contribution < 1.29 is 13.2 Å². The molecule has 2 rings (SSSR count). The van der Waals surface area contributed by atoms with Gasteiger partial charge in [0.1, 0.15) is 11.4 Å². The van der Waals surface area contributed by atoms with Gasteiger partial charge in [-0.3, -0.25) is 4.79 Å². The minimum atomic E-state index is -3.60. The van der Waals surface area contributed by atoms with Crippen molar-refractivity contribution in [3.63, 3.8) is 0 Å². The quantitative estimate of drug-likeness (QED) is 0.512. The highest BCUT2D eigenvalue weighted by Gasteiger charge is 2.18. The maximum Gasteiger partial charge on any atom is 0.254 e. The van der Waals surface area contributed by atoms with E-state index in [2.05, 4.69) is 20.0 Å². The van der Waals surface area contributed by atoms with E-state index < -0.39 is 15.9 Å². The molecule has 10 heteroatoms. The summed E-state index contributed by atoms with van der Waals surface area (Å²) in [5, 5.41) is 3.49. The number of sulfonamides is 1. The summed E-state index contributed by atoms with van der Waals surface area (Å²) in [4.78, 5) is 20.4. The van der Waals surface area contributed by atoms with Crippen molar-refractivity contribution >= 4 is 39.2 Å². The van der Waals surface area contributed by atoms with Crippen molar-refractivity contribution in [1.82, 2.24) is 14.7 Å². The van der Waals surface area contributed by atoms with Crippen molar-refractivity contribution in [3.05, 3.63) is 35.0 Å². The average Bonchev–Trinajstić information content (AvgIpc) is 2.55. The number of aromatic nitrogens is 2. The Hall–Kier alpha value is -2.17. The van der Waals surface area contributed by atoms with Crippen molar-refractivity contribution in [2.24, 2.45) is 5.73 Å². The second kappa shape index (κ2) is 7.38. The van der Waals surface area contributed by atoms with Crippen LogP contribution < -0.4 is 15.8 Å². The smallest absolute Gasteiger partial charge is 0.254 e. The number of primary amides is 1. The molecular weight excluding hydrogens is 362 g/mol. The van der Waals surface area contributed by atoms with Gasteiger partial charge in [-0.25, -0.2) is 23.1 Å². The first kappa shape index (κ1) is 19.2. The molecule has 0 aliphatic rings. The molecule has 0 bridgehead atoms. The molecule has 4 N–H and O–H groups in total. The van der Waals surface area contributed by atoms with E-state index in [4.69, 9.17) is 5.73 Å². The Balaban J connectivity index is 2.58. The Morgan fingerprint density at radius 1 is 1.24 bits per heavy atom. The number of hydrogen-bond acceptors (Lipinski definition) is 7. The lowest BCUT2D eigenvalue weighted by Gasteiger charge is -2.15. The molecule has 0 aliphatic carbocycles. The first-order valence-corrected chi connectivity index (χ1v) is 9.94. The number of amides is 1. The van der Waals surface area contributed by atoms with E-state index in [0.29, 0.717) is 16.5 Å². The molecule has 0 spiro atoms. The van der Waals surface area contributed by atoms with Gasteiger partial charge in [-0.05, 0) is 44.8 Å². The third-order valence-electron chi connectivity index (χ3n) is 3.54. The fraction of sp³-hybridized carbons (Fsp3) is 0.267. The van der Waals surface area contributed by atoms with E-state index in [1.165, 1.54) is 30.9 Å². The molecule has 0 atom stereocenters. The van der Waals surface area contributed by atoms with Crippen LogP contribution in [0.25, 0.3) is 0 Å². The molecule has 1 aromatic carbocycles. The highest BCUT2D eigenvalue weighted by Crippen LogP contribution is 2.27. The molecule has 25 heavy (non-hydrogen) atoms. The predicted octanol–water partition coefficient (Wildman–Crippen LogP) is 1.57. The van der Waals surface area contributed by atoms with E-state index in [1.54, 1.807) is 13.0 Å². The molecule has 134 valence electrons. The van der Waals surface area contributed by atoms with E-state index in [0.717, 1.165) is 5.56 Å². The zero-order valence-corrected chi connectivity index (χ0v) is 15.9. The average molecular weight is 381 g/mol. The van der Waals surface area contributed by atoms with Crippen LogP contribution in [0.1, 0.15) is 21.6 Å². The predicted molar refractivity (Wildman–Crippen MR) is 97.8 cm³/mol. The normalized spacial score (nSPS) is 11.4. The summed E-state index contributed by atoms with van der Waals surface area (Å²) in [7, 11) is -2.26. The lowest BCUT2D eigenvalue weighted by atomic mass is 10.1. The number of benzene rings is 1. The maximum absolute atomic E-state index is 12.0. The number of nitrogens with one attached hydrogen (secondary N) is 2. The van der Waals surface area contributed by atoms with Gasteiger partial charge in [-0.2, -0.15) is 0 Å². The molecule has 2 aromatic rings. The molecule has 0 saturated carbocycles. The van der Waals surface area contributed by atoms with Crippen LogP contribution in [0.3, 0.4) is 0 Å². The topological polar surface area (TPSA) is 127 Å². The summed E-state index contributed by atoms with van der Waals surface area (Å²) in [5.41, 5.74) is 7.35. The van der Waals surface area contributed by atoms with Crippen LogP contribution in [0.4, 0.5) is 11.5 Å². The minimum Gasteiger partial charge on any atom is -0.365 e. The molecule has 0 saturated heterocycles. The van der Waals surface area contributed by atoms with Gasteiger partial charge in [-0.15, -0.1) is 0 Å². The Morgan fingerprint density at radius 2 is 1.92 bits per heavy atom. The molecule has 0 aliphatic heterocycles. The van der Waals surface area contributed by atoms with E-state index in [9.17, 15) is 13.2 Å². The SMILES string of the molecule is CNS(=O)(=O)c1ccc(C)c(Nc2nc(SC)nc(C)c2C(N)=O)c1. The highest BCUT2D eigenvalue weighted by atomic mass is 32.2. The summed E-state index contributed by atoms with van der Waals surface area (Å²) in [6, 6.07) is 4.64. The lowest BCUT2D eigenvalue weighted by molar-refractivity contribution is 0.0999. The number of rotatable bonds is 6. The molecule has 8 nitrogen and oxygen atoms in total. The van der Waals surface area contributed by atoms with Crippen LogP contribution in [-0.4, -0.2) is 37.6 Å². The third-order valence-corrected chi connectivity index (χ3v) is 5.50. The lowest BCUT2D eigenvalue weighted by Crippen LogP contribution is -2.19. The number of aryl methyl sites for hydroxylation is 2. The number of nitrogens with two attached hydrogens (primary N) is 1. The summed E-state index contributed by atoms with van der Waals surface area (Å²) in [6.45, 7) is 3.48. The molecule has 0 unspecified atom stereocenters. The van der Waals surface area contributed by atoms with E-state index in [-0.39, 0.29) is 16.3 Å². The monoisotopic (exact) mass is 381 g/mol. The number of carbonyl (C=O) groups excluding carboxylic acids is 1. The zero-order chi connectivity index (χ0) is 18.8. The van der Waals surface area contributed by atoms with Gasteiger partial charge >= 0.3 is 0 Å². The van der Waals surface area contributed by atoms with Gasteiger partial charge in [0.25, 0.3) is 5.91 Å². The molecule has 0 fully saturated rings. The van der Waals surface area contributed by atoms with E-state index >= 15 is 0 Å². The first-order chi connectivity index (χ1) is 11.7. The Kier molecular flexibility index (Phi) is 5.65. The number of hydrogen-bond donors (Lipinski definition) is 3. The van der Waals surface area contributed by atoms with Crippen LogP contribution in [0.2, 0.25) is 0 Å². The number of thioether (sulfide) groups is 1. The van der Waals surface area contributed by atoms with Crippen LogP contribution >= 0.6 is 11.8 Å². The van der Waals surface area contributed by atoms with Crippen molar-refractivity contribution in [1.29, 1.82) is 0 Å². The largest absolute Gasteiger partial charge is 0.365 e. The van der Waals surface area contributed by atoms with E-state index in [1.807, 2.05) is 13.2 Å². The Morgan fingerprint density at radius 3 is 2.48 bits per heavy atom. The van der Waals surface area contributed by atoms with Crippen LogP contribution in [-0.2, 0) is 10.0 Å². The van der Waals surface area contributed by atoms with Gasteiger partial charge in [0.05, 0.1) is 10.6 Å². The summed E-state index contributed by atoms with van der Waals surface area (Å²) < 4.78 is 26.3. The molecular formula is C15H19N5O3S2. The van der Waals surface area contributed by atoms with Gasteiger partial charge in [-0.1, -0.05) is 17.8 Å². The minimum absolute atomic E-state index is 0.0968. The molecule has 1 heterocycles. The summed E-state index contributed by atoms with van der Waals surface area (Å²) in [6.07, 6.45) is 1.81. The number of anilines is 2. The summed E-state index contributed by atoms with van der Waals surface area (Å²) >= 11 is 1.32. The second-order valence-corrected chi connectivity index (χ2v) is 7.85. The van der Waals surface area contributed by atoms with Gasteiger partial charge in [0, 0.05) is 5.69 Å². The molecule has 1 amide bonds. The fourth-order valence-electron chi connectivity index (χ4n) is 2.17. The first-order valence-electron chi connectivity index (χ1n) is 7.23. The van der Waals surface area contributed by atoms with Gasteiger partial charge in [0.2, 0.25) is 10.0 Å². The Bertz CT molecular complexity index is 929. The van der Waals surface area contributed by atoms with Crippen LogP contribution in [0.5, 0.6) is 0 Å². The van der Waals surface area contributed by atoms with Gasteiger partial charge < -0.3 is 11.1 Å².